The predicted octanol–water partition coefficient (Wildman–Crippen LogP) is 1.85. The molecule has 18 heavy (non-hydrogen) atoms. The molecule has 2 N–H and O–H groups in total. The van der Waals surface area contributed by atoms with Gasteiger partial charge in [0, 0.05) is 19.9 Å². The Hall–Kier alpha value is -2.10. The lowest BCUT2D eigenvalue weighted by molar-refractivity contribution is -0.137. The number of nitrogens with one attached hydrogen (secondary N) is 1. The fraction of sp³-hybridized carbons (Fsp3) is 0.286. The number of carboxylic acid groups (broad SMARTS) is 1. The molecule has 0 saturated heterocycles. The van der Waals surface area contributed by atoms with Crippen molar-refractivity contribution in [2.45, 2.75) is 19.8 Å². The summed E-state index contributed by atoms with van der Waals surface area (Å²) in [4.78, 5) is 21.2. The molecule has 0 heterocycles. The van der Waals surface area contributed by atoms with E-state index in [-0.39, 0.29) is 12.3 Å². The van der Waals surface area contributed by atoms with Crippen LogP contribution in [-0.4, -0.2) is 23.5 Å². The van der Waals surface area contributed by atoms with Crippen molar-refractivity contribution in [3.05, 3.63) is 41.5 Å². The summed E-state index contributed by atoms with van der Waals surface area (Å²) in [5.74, 6) is -0.870. The Balaban J connectivity index is 2.63. The summed E-state index contributed by atoms with van der Waals surface area (Å²) in [6.45, 7) is 1.94. The predicted molar refractivity (Wildman–Crippen MR) is 70.1 cm³/mol. The van der Waals surface area contributed by atoms with Crippen molar-refractivity contribution in [1.82, 2.24) is 5.32 Å². The second-order valence-corrected chi connectivity index (χ2v) is 3.93. The first-order valence-electron chi connectivity index (χ1n) is 5.80. The molecule has 4 heteroatoms. The van der Waals surface area contributed by atoms with Crippen molar-refractivity contribution in [1.29, 1.82) is 0 Å². The third-order valence-electron chi connectivity index (χ3n) is 2.43. The fourth-order valence-electron chi connectivity index (χ4n) is 1.55. The molecule has 0 unspecified atom stereocenters. The number of aliphatic carboxylic acids is 1. The number of hydrogen-bond acceptors (Lipinski definition) is 2. The minimum atomic E-state index is -0.799. The van der Waals surface area contributed by atoms with Crippen molar-refractivity contribution < 1.29 is 14.7 Å². The molecule has 0 radical (unpaired) electrons. The van der Waals surface area contributed by atoms with E-state index in [0.717, 1.165) is 11.1 Å². The zero-order chi connectivity index (χ0) is 13.4. The third-order valence-corrected chi connectivity index (χ3v) is 2.43. The second-order valence-electron chi connectivity index (χ2n) is 3.93. The molecule has 96 valence electrons. The monoisotopic (exact) mass is 247 g/mol. The molecule has 0 fully saturated rings. The minimum absolute atomic E-state index is 0.0705. The smallest absolute Gasteiger partial charge is 0.303 e. The Morgan fingerprint density at radius 3 is 2.72 bits per heavy atom. The highest BCUT2D eigenvalue weighted by molar-refractivity contribution is 5.73. The van der Waals surface area contributed by atoms with Crippen LogP contribution in [0.3, 0.4) is 0 Å². The van der Waals surface area contributed by atoms with Gasteiger partial charge in [0.2, 0.25) is 5.91 Å². The molecule has 4 nitrogen and oxygen atoms in total. The van der Waals surface area contributed by atoms with Crippen molar-refractivity contribution in [3.63, 3.8) is 0 Å². The maximum Gasteiger partial charge on any atom is 0.303 e. The number of benzene rings is 1. The van der Waals surface area contributed by atoms with Crippen LogP contribution in [0.25, 0.3) is 6.08 Å². The quantitative estimate of drug-likeness (QED) is 0.806. The lowest BCUT2D eigenvalue weighted by Gasteiger charge is -2.04. The van der Waals surface area contributed by atoms with Gasteiger partial charge in [0.15, 0.2) is 0 Å². The van der Waals surface area contributed by atoms with Gasteiger partial charge in [-0.25, -0.2) is 0 Å². The maximum absolute atomic E-state index is 10.7. The fourth-order valence-corrected chi connectivity index (χ4v) is 1.55. The van der Waals surface area contributed by atoms with Crippen LogP contribution in [0.2, 0.25) is 0 Å². The average Bonchev–Trinajstić information content (AvgIpc) is 2.33. The molecular formula is C14H17NO3. The molecule has 0 saturated carbocycles. The zero-order valence-electron chi connectivity index (χ0n) is 10.3. The Morgan fingerprint density at radius 2 is 2.06 bits per heavy atom. The normalized spacial score (nSPS) is 10.5. The van der Waals surface area contributed by atoms with Gasteiger partial charge in [-0.1, -0.05) is 36.4 Å². The first kappa shape index (κ1) is 14.0. The molecule has 0 aliphatic rings. The number of aryl methyl sites for hydroxylation is 1. The number of carbonyl (C=O) groups is 2. The van der Waals surface area contributed by atoms with Crippen molar-refractivity contribution in [2.75, 3.05) is 6.54 Å². The van der Waals surface area contributed by atoms with E-state index in [0.29, 0.717) is 13.0 Å². The Kier molecular flexibility index (Phi) is 5.64. The van der Waals surface area contributed by atoms with Gasteiger partial charge in [-0.2, -0.15) is 0 Å². The lowest BCUT2D eigenvalue weighted by atomic mass is 10.0. The molecule has 0 aliphatic heterocycles. The maximum atomic E-state index is 10.7. The van der Waals surface area contributed by atoms with Crippen LogP contribution < -0.4 is 5.32 Å². The molecule has 1 rings (SSSR count). The summed E-state index contributed by atoms with van der Waals surface area (Å²) in [5, 5.41) is 11.3. The topological polar surface area (TPSA) is 66.4 Å². The van der Waals surface area contributed by atoms with Gasteiger partial charge in [-0.15, -0.1) is 0 Å². The first-order chi connectivity index (χ1) is 8.59. The van der Waals surface area contributed by atoms with Crippen molar-refractivity contribution in [3.8, 4) is 0 Å². The number of rotatable bonds is 6. The summed E-state index contributed by atoms with van der Waals surface area (Å²) in [6, 6.07) is 7.65. The first-order valence-corrected chi connectivity index (χ1v) is 5.80. The van der Waals surface area contributed by atoms with Gasteiger partial charge in [-0.05, 0) is 17.5 Å². The van der Waals surface area contributed by atoms with Crippen LogP contribution in [0.15, 0.2) is 30.3 Å². The number of hydrogen-bond donors (Lipinski definition) is 2. The van der Waals surface area contributed by atoms with Crippen LogP contribution in [0.5, 0.6) is 0 Å². The van der Waals surface area contributed by atoms with Crippen LogP contribution in [0.4, 0.5) is 0 Å². The van der Waals surface area contributed by atoms with Crippen LogP contribution in [-0.2, 0) is 16.0 Å². The standard InChI is InChI=1S/C14H17NO3/c1-11(16)15-10-4-7-12-5-2-3-6-13(12)8-9-14(17)18/h2-7H,8-10H2,1H3,(H,15,16)(H,17,18). The van der Waals surface area contributed by atoms with E-state index in [9.17, 15) is 9.59 Å². The van der Waals surface area contributed by atoms with Gasteiger partial charge in [0.1, 0.15) is 0 Å². The summed E-state index contributed by atoms with van der Waals surface area (Å²) >= 11 is 0. The molecule has 0 aromatic heterocycles. The lowest BCUT2D eigenvalue weighted by Crippen LogP contribution is -2.19. The third kappa shape index (κ3) is 5.30. The summed E-state index contributed by atoms with van der Waals surface area (Å²) < 4.78 is 0. The SMILES string of the molecule is CC(=O)NCC=Cc1ccccc1CCC(=O)O. The Bertz CT molecular complexity index is 452. The highest BCUT2D eigenvalue weighted by Crippen LogP contribution is 2.12. The molecule has 0 spiro atoms. The van der Waals surface area contributed by atoms with Gasteiger partial charge >= 0.3 is 5.97 Å². The molecular weight excluding hydrogens is 230 g/mol. The minimum Gasteiger partial charge on any atom is -0.481 e. The molecule has 1 aromatic carbocycles. The molecule has 0 atom stereocenters. The highest BCUT2D eigenvalue weighted by Gasteiger charge is 2.02. The molecule has 1 aromatic rings. The van der Waals surface area contributed by atoms with Gasteiger partial charge in [0.25, 0.3) is 0 Å². The summed E-state index contributed by atoms with van der Waals surface area (Å²) in [6.07, 6.45) is 4.38. The molecule has 0 aliphatic carbocycles. The Labute approximate surface area is 106 Å². The summed E-state index contributed by atoms with van der Waals surface area (Å²) in [5.41, 5.74) is 1.99. The highest BCUT2D eigenvalue weighted by atomic mass is 16.4. The summed E-state index contributed by atoms with van der Waals surface area (Å²) in [7, 11) is 0. The van der Waals surface area contributed by atoms with E-state index in [1.165, 1.54) is 6.92 Å². The van der Waals surface area contributed by atoms with Crippen LogP contribution in [0.1, 0.15) is 24.5 Å². The number of amides is 1. The largest absolute Gasteiger partial charge is 0.481 e. The van der Waals surface area contributed by atoms with Crippen molar-refractivity contribution >= 4 is 18.0 Å². The van der Waals surface area contributed by atoms with Gasteiger partial charge in [-0.3, -0.25) is 9.59 Å². The number of carbonyl (C=O) groups excluding carboxylic acids is 1. The molecule has 1 amide bonds. The Morgan fingerprint density at radius 1 is 1.33 bits per heavy atom. The average molecular weight is 247 g/mol. The van der Waals surface area contributed by atoms with E-state index >= 15 is 0 Å². The van der Waals surface area contributed by atoms with E-state index < -0.39 is 5.97 Å². The van der Waals surface area contributed by atoms with E-state index in [4.69, 9.17) is 5.11 Å². The number of carboxylic acids is 1. The zero-order valence-corrected chi connectivity index (χ0v) is 10.3. The van der Waals surface area contributed by atoms with Gasteiger partial charge < -0.3 is 10.4 Å². The van der Waals surface area contributed by atoms with Crippen LogP contribution >= 0.6 is 0 Å². The van der Waals surface area contributed by atoms with Crippen molar-refractivity contribution in [2.24, 2.45) is 0 Å². The molecule has 0 bridgehead atoms. The van der Waals surface area contributed by atoms with E-state index in [1.54, 1.807) is 0 Å². The van der Waals surface area contributed by atoms with E-state index in [2.05, 4.69) is 5.32 Å². The van der Waals surface area contributed by atoms with E-state index in [1.807, 2.05) is 36.4 Å². The van der Waals surface area contributed by atoms with Gasteiger partial charge in [0.05, 0.1) is 0 Å². The van der Waals surface area contributed by atoms with Crippen LogP contribution in [0, 0.1) is 0 Å². The second kappa shape index (κ2) is 7.27.